The van der Waals surface area contributed by atoms with Gasteiger partial charge in [-0.3, -0.25) is 4.90 Å². The molecule has 0 bridgehead atoms. The molecule has 0 rings (SSSR count). The Balaban J connectivity index is 3.73. The van der Waals surface area contributed by atoms with Crippen molar-refractivity contribution in [3.63, 3.8) is 0 Å². The van der Waals surface area contributed by atoms with E-state index in [-0.39, 0.29) is 0 Å². The van der Waals surface area contributed by atoms with Crippen molar-refractivity contribution in [2.24, 2.45) is 0 Å². The van der Waals surface area contributed by atoms with Gasteiger partial charge in [0.25, 0.3) is 0 Å². The van der Waals surface area contributed by atoms with Crippen molar-refractivity contribution >= 4 is 0 Å². The summed E-state index contributed by atoms with van der Waals surface area (Å²) < 4.78 is 0. The number of rotatable bonds is 4. The van der Waals surface area contributed by atoms with Gasteiger partial charge < -0.3 is 5.32 Å². The Hall–Kier alpha value is -0.0800. The second-order valence-electron chi connectivity index (χ2n) is 3.21. The third kappa shape index (κ3) is 3.18. The Morgan fingerprint density at radius 3 is 1.60 bits per heavy atom. The molecule has 0 saturated carbocycles. The lowest BCUT2D eigenvalue weighted by atomic mass is 10.2. The van der Waals surface area contributed by atoms with Crippen LogP contribution in [0.4, 0.5) is 0 Å². The van der Waals surface area contributed by atoms with Crippen LogP contribution in [0.2, 0.25) is 0 Å². The van der Waals surface area contributed by atoms with Gasteiger partial charge in [-0.25, -0.2) is 0 Å². The first-order chi connectivity index (χ1) is 4.59. The molecule has 10 heavy (non-hydrogen) atoms. The SMILES string of the molecule is CNCN(C(C)C)C(C)C. The monoisotopic (exact) mass is 144 g/mol. The minimum absolute atomic E-state index is 0.632. The molecule has 0 aliphatic carbocycles. The molecule has 0 aliphatic rings. The summed E-state index contributed by atoms with van der Waals surface area (Å²) in [6.07, 6.45) is 0. The summed E-state index contributed by atoms with van der Waals surface area (Å²) in [5, 5.41) is 3.16. The molecule has 0 aromatic rings. The van der Waals surface area contributed by atoms with E-state index >= 15 is 0 Å². The molecule has 1 N–H and O–H groups in total. The highest BCUT2D eigenvalue weighted by atomic mass is 15.2. The van der Waals surface area contributed by atoms with Gasteiger partial charge in [-0.15, -0.1) is 0 Å². The second kappa shape index (κ2) is 4.69. The molecular weight excluding hydrogens is 124 g/mol. The van der Waals surface area contributed by atoms with Crippen LogP contribution < -0.4 is 5.32 Å². The third-order valence-corrected chi connectivity index (χ3v) is 1.67. The zero-order valence-corrected chi connectivity index (χ0v) is 7.81. The van der Waals surface area contributed by atoms with Gasteiger partial charge >= 0.3 is 0 Å². The Morgan fingerprint density at radius 2 is 1.50 bits per heavy atom. The molecule has 0 unspecified atom stereocenters. The van der Waals surface area contributed by atoms with Crippen LogP contribution in [0, 0.1) is 0 Å². The van der Waals surface area contributed by atoms with E-state index in [1.807, 2.05) is 7.05 Å². The van der Waals surface area contributed by atoms with Gasteiger partial charge in [0.05, 0.1) is 0 Å². The summed E-state index contributed by atoms with van der Waals surface area (Å²) in [6.45, 7) is 9.86. The quantitative estimate of drug-likeness (QED) is 0.598. The maximum Gasteiger partial charge on any atom is 0.0483 e. The Morgan fingerprint density at radius 1 is 1.10 bits per heavy atom. The molecule has 0 fully saturated rings. The average Bonchev–Trinajstić information content (AvgIpc) is 1.81. The van der Waals surface area contributed by atoms with Crippen LogP contribution >= 0.6 is 0 Å². The van der Waals surface area contributed by atoms with E-state index in [1.54, 1.807) is 0 Å². The molecule has 2 nitrogen and oxygen atoms in total. The molecule has 0 heterocycles. The van der Waals surface area contributed by atoms with E-state index in [2.05, 4.69) is 37.9 Å². The number of hydrogen-bond acceptors (Lipinski definition) is 2. The molecule has 2 heteroatoms. The maximum absolute atomic E-state index is 3.16. The van der Waals surface area contributed by atoms with Crippen molar-refractivity contribution in [2.45, 2.75) is 39.8 Å². The maximum atomic E-state index is 3.16. The van der Waals surface area contributed by atoms with Gasteiger partial charge in [0.15, 0.2) is 0 Å². The van der Waals surface area contributed by atoms with Crippen molar-refractivity contribution < 1.29 is 0 Å². The minimum Gasteiger partial charge on any atom is -0.307 e. The fourth-order valence-corrected chi connectivity index (χ4v) is 1.14. The molecule has 0 saturated heterocycles. The molecule has 0 radical (unpaired) electrons. The van der Waals surface area contributed by atoms with Gasteiger partial charge in [0.2, 0.25) is 0 Å². The first-order valence-electron chi connectivity index (χ1n) is 4.00. The number of nitrogens with zero attached hydrogens (tertiary/aromatic N) is 1. The standard InChI is InChI=1S/C8H20N2/c1-7(2)10(6-9-5)8(3)4/h7-9H,6H2,1-5H3. The van der Waals surface area contributed by atoms with Crippen LogP contribution in [0.5, 0.6) is 0 Å². The lowest BCUT2D eigenvalue weighted by molar-refractivity contribution is 0.165. The summed E-state index contributed by atoms with van der Waals surface area (Å²) in [4.78, 5) is 2.40. The topological polar surface area (TPSA) is 15.3 Å². The Bertz CT molecular complexity index is 71.3. The van der Waals surface area contributed by atoms with Crippen LogP contribution in [0.15, 0.2) is 0 Å². The normalized spacial score (nSPS) is 12.0. The van der Waals surface area contributed by atoms with Crippen LogP contribution in [0.3, 0.4) is 0 Å². The molecule has 0 aliphatic heterocycles. The van der Waals surface area contributed by atoms with E-state index in [4.69, 9.17) is 0 Å². The fraction of sp³-hybridized carbons (Fsp3) is 1.00. The second-order valence-corrected chi connectivity index (χ2v) is 3.21. The molecule has 0 aromatic carbocycles. The predicted molar refractivity (Wildman–Crippen MR) is 46.0 cm³/mol. The van der Waals surface area contributed by atoms with Gasteiger partial charge in [0, 0.05) is 18.8 Å². The predicted octanol–water partition coefficient (Wildman–Crippen LogP) is 1.28. The summed E-state index contributed by atoms with van der Waals surface area (Å²) in [7, 11) is 1.98. The van der Waals surface area contributed by atoms with E-state index in [0.29, 0.717) is 12.1 Å². The highest BCUT2D eigenvalue weighted by Crippen LogP contribution is 2.01. The van der Waals surface area contributed by atoms with E-state index in [1.165, 1.54) is 0 Å². The molecule has 62 valence electrons. The summed E-state index contributed by atoms with van der Waals surface area (Å²) in [5.74, 6) is 0. The van der Waals surface area contributed by atoms with E-state index in [0.717, 1.165) is 6.67 Å². The van der Waals surface area contributed by atoms with Crippen LogP contribution in [0.25, 0.3) is 0 Å². The van der Waals surface area contributed by atoms with Crippen LogP contribution in [-0.2, 0) is 0 Å². The summed E-state index contributed by atoms with van der Waals surface area (Å²) >= 11 is 0. The molecular formula is C8H20N2. The number of nitrogens with one attached hydrogen (secondary N) is 1. The van der Waals surface area contributed by atoms with E-state index < -0.39 is 0 Å². The van der Waals surface area contributed by atoms with Crippen molar-refractivity contribution in [1.82, 2.24) is 10.2 Å². The largest absolute Gasteiger partial charge is 0.307 e. The van der Waals surface area contributed by atoms with Crippen molar-refractivity contribution in [3.05, 3.63) is 0 Å². The zero-order chi connectivity index (χ0) is 8.15. The summed E-state index contributed by atoms with van der Waals surface area (Å²) in [6, 6.07) is 1.26. The molecule has 0 aromatic heterocycles. The van der Waals surface area contributed by atoms with Crippen molar-refractivity contribution in [2.75, 3.05) is 13.7 Å². The molecule has 0 spiro atoms. The first kappa shape index (κ1) is 9.92. The fourth-order valence-electron chi connectivity index (χ4n) is 1.14. The Labute approximate surface area is 64.6 Å². The van der Waals surface area contributed by atoms with Gasteiger partial charge in [-0.2, -0.15) is 0 Å². The molecule has 0 amide bonds. The van der Waals surface area contributed by atoms with Crippen molar-refractivity contribution in [1.29, 1.82) is 0 Å². The van der Waals surface area contributed by atoms with Crippen molar-refractivity contribution in [3.8, 4) is 0 Å². The summed E-state index contributed by atoms with van der Waals surface area (Å²) in [5.41, 5.74) is 0. The molecule has 0 atom stereocenters. The Kier molecular flexibility index (Phi) is 4.65. The lowest BCUT2D eigenvalue weighted by Gasteiger charge is -2.29. The zero-order valence-electron chi connectivity index (χ0n) is 7.81. The van der Waals surface area contributed by atoms with Gasteiger partial charge in [0.1, 0.15) is 0 Å². The van der Waals surface area contributed by atoms with E-state index in [9.17, 15) is 0 Å². The minimum atomic E-state index is 0.632. The van der Waals surface area contributed by atoms with Crippen LogP contribution in [0.1, 0.15) is 27.7 Å². The average molecular weight is 144 g/mol. The van der Waals surface area contributed by atoms with Crippen LogP contribution in [-0.4, -0.2) is 30.7 Å². The lowest BCUT2D eigenvalue weighted by Crippen LogP contribution is -2.42. The third-order valence-electron chi connectivity index (χ3n) is 1.67. The first-order valence-corrected chi connectivity index (χ1v) is 4.00. The highest BCUT2D eigenvalue weighted by Gasteiger charge is 2.10. The van der Waals surface area contributed by atoms with Gasteiger partial charge in [-0.1, -0.05) is 0 Å². The van der Waals surface area contributed by atoms with Gasteiger partial charge in [-0.05, 0) is 34.7 Å². The number of hydrogen-bond donors (Lipinski definition) is 1. The smallest absolute Gasteiger partial charge is 0.0483 e. The highest BCUT2D eigenvalue weighted by molar-refractivity contribution is 4.64.